The summed E-state index contributed by atoms with van der Waals surface area (Å²) in [5, 5.41) is 0. The van der Waals surface area contributed by atoms with E-state index in [9.17, 15) is 4.79 Å². The number of carbonyl (C=O) groups excluding carboxylic acids is 1. The average Bonchev–Trinajstić information content (AvgIpc) is 2.64. The summed E-state index contributed by atoms with van der Waals surface area (Å²) in [5.41, 5.74) is 0. The number of rotatable bonds is 2. The zero-order valence-electron chi connectivity index (χ0n) is 7.45. The minimum atomic E-state index is 0.00435. The molecule has 2 rings (SSSR count). The van der Waals surface area contributed by atoms with E-state index in [-0.39, 0.29) is 11.9 Å². The molecule has 0 aromatic heterocycles. The van der Waals surface area contributed by atoms with Gasteiger partial charge in [0, 0.05) is 0 Å². The van der Waals surface area contributed by atoms with Crippen molar-refractivity contribution in [1.82, 2.24) is 0 Å². The summed E-state index contributed by atoms with van der Waals surface area (Å²) in [4.78, 5) is 11.4. The summed E-state index contributed by atoms with van der Waals surface area (Å²) in [6.45, 7) is 2.38. The predicted molar refractivity (Wildman–Crippen MR) is 45.3 cm³/mol. The molecule has 2 aliphatic carbocycles. The molecule has 1 radical (unpaired) electrons. The second-order valence-corrected chi connectivity index (χ2v) is 3.80. The van der Waals surface area contributed by atoms with Gasteiger partial charge in [0.2, 0.25) is 0 Å². The third-order valence-corrected chi connectivity index (χ3v) is 3.06. The van der Waals surface area contributed by atoms with Crippen molar-refractivity contribution in [3.05, 3.63) is 6.42 Å². The monoisotopic (exact) mass is 167 g/mol. The van der Waals surface area contributed by atoms with E-state index in [2.05, 4.69) is 6.42 Å². The zero-order valence-corrected chi connectivity index (χ0v) is 7.45. The molecule has 0 aliphatic heterocycles. The summed E-state index contributed by atoms with van der Waals surface area (Å²) in [5.74, 6) is 1.45. The second kappa shape index (κ2) is 3.08. The maximum absolute atomic E-state index is 11.4. The van der Waals surface area contributed by atoms with Gasteiger partial charge in [-0.15, -0.1) is 0 Å². The highest BCUT2D eigenvalue weighted by Crippen LogP contribution is 2.47. The third kappa shape index (κ3) is 1.23. The van der Waals surface area contributed by atoms with Crippen LogP contribution in [-0.2, 0) is 9.53 Å². The molecule has 0 heterocycles. The molecule has 2 heteroatoms. The van der Waals surface area contributed by atoms with Crippen molar-refractivity contribution in [2.75, 3.05) is 6.61 Å². The summed E-state index contributed by atoms with van der Waals surface area (Å²) < 4.78 is 5.01. The number of hydrogen-bond donors (Lipinski definition) is 0. The number of ether oxygens (including phenoxy) is 1. The van der Waals surface area contributed by atoms with Crippen molar-refractivity contribution in [1.29, 1.82) is 0 Å². The molecule has 2 saturated carbocycles. The van der Waals surface area contributed by atoms with Gasteiger partial charge in [-0.05, 0) is 44.4 Å². The lowest BCUT2D eigenvalue weighted by Crippen LogP contribution is -2.23. The first-order valence-electron chi connectivity index (χ1n) is 4.83. The summed E-state index contributed by atoms with van der Waals surface area (Å²) in [7, 11) is 0. The van der Waals surface area contributed by atoms with Crippen LogP contribution in [-0.4, -0.2) is 12.6 Å². The molecule has 2 fully saturated rings. The van der Waals surface area contributed by atoms with Crippen LogP contribution in [0, 0.1) is 24.2 Å². The average molecular weight is 167 g/mol. The fourth-order valence-corrected chi connectivity index (χ4v) is 2.51. The van der Waals surface area contributed by atoms with Gasteiger partial charge in [0.15, 0.2) is 0 Å². The van der Waals surface area contributed by atoms with E-state index < -0.39 is 0 Å². The minimum absolute atomic E-state index is 0.00435. The van der Waals surface area contributed by atoms with Gasteiger partial charge < -0.3 is 4.74 Å². The van der Waals surface area contributed by atoms with Crippen LogP contribution in [0.1, 0.15) is 26.2 Å². The molecule has 3 atom stereocenters. The van der Waals surface area contributed by atoms with E-state index in [0.717, 1.165) is 0 Å². The van der Waals surface area contributed by atoms with E-state index in [0.29, 0.717) is 18.4 Å². The maximum atomic E-state index is 11.4. The zero-order chi connectivity index (χ0) is 8.55. The lowest BCUT2D eigenvalue weighted by Gasteiger charge is -2.18. The van der Waals surface area contributed by atoms with Gasteiger partial charge in [0.05, 0.1) is 12.5 Å². The molecule has 3 unspecified atom stereocenters. The Balaban J connectivity index is 1.93. The van der Waals surface area contributed by atoms with Crippen LogP contribution in [0.25, 0.3) is 0 Å². The first-order valence-corrected chi connectivity index (χ1v) is 4.83. The number of esters is 1. The lowest BCUT2D eigenvalue weighted by molar-refractivity contribution is -0.148. The fraction of sp³-hybridized carbons (Fsp3) is 0.800. The summed E-state index contributed by atoms with van der Waals surface area (Å²) in [6.07, 6.45) is 5.95. The molecular weight excluding hydrogens is 152 g/mol. The number of hydrogen-bond acceptors (Lipinski definition) is 2. The van der Waals surface area contributed by atoms with Gasteiger partial charge >= 0.3 is 5.97 Å². The second-order valence-electron chi connectivity index (χ2n) is 3.80. The van der Waals surface area contributed by atoms with Crippen LogP contribution >= 0.6 is 0 Å². The number of fused-ring (bicyclic) bond motifs is 2. The highest BCUT2D eigenvalue weighted by atomic mass is 16.5. The largest absolute Gasteiger partial charge is 0.466 e. The molecule has 12 heavy (non-hydrogen) atoms. The van der Waals surface area contributed by atoms with E-state index in [1.165, 1.54) is 19.3 Å². The van der Waals surface area contributed by atoms with Crippen LogP contribution in [0.4, 0.5) is 0 Å². The Hall–Kier alpha value is -0.530. The highest BCUT2D eigenvalue weighted by molar-refractivity contribution is 5.75. The van der Waals surface area contributed by atoms with Crippen molar-refractivity contribution < 1.29 is 9.53 Å². The van der Waals surface area contributed by atoms with Crippen LogP contribution in [0.3, 0.4) is 0 Å². The van der Waals surface area contributed by atoms with Crippen molar-refractivity contribution in [3.63, 3.8) is 0 Å². The van der Waals surface area contributed by atoms with Gasteiger partial charge in [-0.1, -0.05) is 0 Å². The Morgan fingerprint density at radius 2 is 2.42 bits per heavy atom. The molecule has 2 bridgehead atoms. The SMILES string of the molecule is CCOC(=O)C1[CH]C2CCC1C2. The molecular formula is C10H15O2. The van der Waals surface area contributed by atoms with E-state index in [4.69, 9.17) is 4.74 Å². The quantitative estimate of drug-likeness (QED) is 0.586. The molecule has 2 nitrogen and oxygen atoms in total. The van der Waals surface area contributed by atoms with E-state index in [1.54, 1.807) is 0 Å². The topological polar surface area (TPSA) is 26.3 Å². The normalized spacial score (nSPS) is 38.6. The Morgan fingerprint density at radius 1 is 1.58 bits per heavy atom. The standard InChI is InChI=1S/C10H15O2/c1-2-12-10(11)9-6-7-3-4-8(9)5-7/h6-9H,2-5H2,1H3. The smallest absolute Gasteiger partial charge is 0.309 e. The molecule has 0 spiro atoms. The molecule has 0 aromatic carbocycles. The highest BCUT2D eigenvalue weighted by Gasteiger charge is 2.43. The van der Waals surface area contributed by atoms with Gasteiger partial charge in [-0.25, -0.2) is 0 Å². The van der Waals surface area contributed by atoms with Crippen molar-refractivity contribution in [2.45, 2.75) is 26.2 Å². The van der Waals surface area contributed by atoms with Gasteiger partial charge in [-0.3, -0.25) is 4.79 Å². The Morgan fingerprint density at radius 3 is 2.92 bits per heavy atom. The van der Waals surface area contributed by atoms with Crippen LogP contribution in [0.5, 0.6) is 0 Å². The molecule has 2 aliphatic rings. The van der Waals surface area contributed by atoms with Crippen molar-refractivity contribution in [3.8, 4) is 0 Å². The first kappa shape index (κ1) is 8.09. The van der Waals surface area contributed by atoms with Crippen LogP contribution < -0.4 is 0 Å². The summed E-state index contributed by atoms with van der Waals surface area (Å²) in [6, 6.07) is 0. The molecule has 67 valence electrons. The van der Waals surface area contributed by atoms with E-state index >= 15 is 0 Å². The van der Waals surface area contributed by atoms with E-state index in [1.807, 2.05) is 6.92 Å². The predicted octanol–water partition coefficient (Wildman–Crippen LogP) is 1.80. The van der Waals surface area contributed by atoms with Crippen molar-refractivity contribution >= 4 is 5.97 Å². The minimum Gasteiger partial charge on any atom is -0.466 e. The summed E-state index contributed by atoms with van der Waals surface area (Å²) >= 11 is 0. The third-order valence-electron chi connectivity index (χ3n) is 3.06. The van der Waals surface area contributed by atoms with Crippen molar-refractivity contribution in [2.24, 2.45) is 17.8 Å². The molecule has 0 amide bonds. The van der Waals surface area contributed by atoms with Crippen LogP contribution in [0.2, 0.25) is 0 Å². The fourth-order valence-electron chi connectivity index (χ4n) is 2.51. The Labute approximate surface area is 73.3 Å². The van der Waals surface area contributed by atoms with Gasteiger partial charge in [0.25, 0.3) is 0 Å². The van der Waals surface area contributed by atoms with Gasteiger partial charge in [-0.2, -0.15) is 0 Å². The lowest BCUT2D eigenvalue weighted by atomic mass is 9.89. The first-order chi connectivity index (χ1) is 5.81. The Kier molecular flexibility index (Phi) is 2.07. The number of carbonyl (C=O) groups is 1. The molecule has 0 N–H and O–H groups in total. The van der Waals surface area contributed by atoms with Crippen LogP contribution in [0.15, 0.2) is 0 Å². The molecule has 0 saturated heterocycles. The Bertz CT molecular complexity index is 188. The van der Waals surface area contributed by atoms with Gasteiger partial charge in [0.1, 0.15) is 0 Å². The maximum Gasteiger partial charge on any atom is 0.309 e. The molecule has 0 aromatic rings.